The summed E-state index contributed by atoms with van der Waals surface area (Å²) in [6, 6.07) is 15.4. The Labute approximate surface area is 183 Å². The number of methoxy groups -OCH3 is 1. The van der Waals surface area contributed by atoms with Crippen LogP contribution >= 0.6 is 0 Å². The number of aliphatic carboxylic acids is 1. The van der Waals surface area contributed by atoms with Crippen LogP contribution in [0.15, 0.2) is 53.7 Å². The molecule has 1 heterocycles. The number of piperazine rings is 1. The lowest BCUT2D eigenvalue weighted by Crippen LogP contribution is -2.46. The number of ether oxygens (including phenoxy) is 1. The zero-order chi connectivity index (χ0) is 22.1. The zero-order valence-electron chi connectivity index (χ0n) is 18.1. The third-order valence-corrected chi connectivity index (χ3v) is 5.86. The van der Waals surface area contributed by atoms with Crippen molar-refractivity contribution in [3.8, 4) is 5.75 Å². The number of hydrogen-bond donors (Lipinski definition) is 1. The maximum absolute atomic E-state index is 11.0. The fraction of sp³-hybridized carbons (Fsp3) is 0.458. The largest absolute Gasteiger partial charge is 0.495 e. The Morgan fingerprint density at radius 1 is 1.10 bits per heavy atom. The lowest BCUT2D eigenvalue weighted by molar-refractivity contribution is -0.137. The van der Waals surface area contributed by atoms with Crippen molar-refractivity contribution in [2.45, 2.75) is 31.7 Å². The Bertz CT molecular complexity index is 848. The van der Waals surface area contributed by atoms with E-state index in [-0.39, 0.29) is 12.8 Å². The van der Waals surface area contributed by atoms with Crippen LogP contribution in [0.2, 0.25) is 0 Å². The van der Waals surface area contributed by atoms with Crippen molar-refractivity contribution in [3.05, 3.63) is 64.6 Å². The second-order valence-corrected chi connectivity index (χ2v) is 7.90. The molecule has 7 heteroatoms. The summed E-state index contributed by atoms with van der Waals surface area (Å²) in [5.74, 6) is 0.0170. The van der Waals surface area contributed by atoms with Crippen LogP contribution in [0, 0.1) is 4.91 Å². The molecular weight excluding hydrogens is 394 g/mol. The van der Waals surface area contributed by atoms with Crippen LogP contribution in [0.25, 0.3) is 0 Å². The van der Waals surface area contributed by atoms with Crippen LogP contribution in [-0.2, 0) is 11.2 Å². The van der Waals surface area contributed by atoms with Gasteiger partial charge in [0, 0.05) is 32.6 Å². The van der Waals surface area contributed by atoms with E-state index in [2.05, 4.69) is 27.1 Å². The molecule has 0 spiro atoms. The minimum Gasteiger partial charge on any atom is -0.495 e. The van der Waals surface area contributed by atoms with Gasteiger partial charge < -0.3 is 14.7 Å². The smallest absolute Gasteiger partial charge is 0.303 e. The van der Waals surface area contributed by atoms with Gasteiger partial charge in [0.15, 0.2) is 0 Å². The average molecular weight is 426 g/mol. The molecule has 31 heavy (non-hydrogen) atoms. The fourth-order valence-electron chi connectivity index (χ4n) is 4.06. The van der Waals surface area contributed by atoms with Crippen LogP contribution in [0.3, 0.4) is 0 Å². The van der Waals surface area contributed by atoms with E-state index in [0.717, 1.165) is 62.6 Å². The summed E-state index contributed by atoms with van der Waals surface area (Å²) < 4.78 is 5.49. The predicted molar refractivity (Wildman–Crippen MR) is 122 cm³/mol. The number of carboxylic acids is 1. The molecule has 1 unspecified atom stereocenters. The van der Waals surface area contributed by atoms with Gasteiger partial charge in [0.25, 0.3) is 0 Å². The van der Waals surface area contributed by atoms with Crippen LogP contribution in [-0.4, -0.2) is 55.8 Å². The molecule has 3 rings (SSSR count). The van der Waals surface area contributed by atoms with Crippen LogP contribution in [0.5, 0.6) is 5.75 Å². The first kappa shape index (κ1) is 22.7. The SMILES string of the molecule is COc1ccccc1N1CCN(CCCc2ccc(C(CCC(=O)O)N=O)cc2)CC1. The highest BCUT2D eigenvalue weighted by atomic mass is 16.5. The normalized spacial score (nSPS) is 15.5. The fourth-order valence-corrected chi connectivity index (χ4v) is 4.06. The predicted octanol–water partition coefficient (Wildman–Crippen LogP) is 4.12. The molecule has 1 atom stereocenters. The molecule has 1 aliphatic heterocycles. The van der Waals surface area contributed by atoms with Crippen molar-refractivity contribution in [3.63, 3.8) is 0 Å². The maximum Gasteiger partial charge on any atom is 0.303 e. The Kier molecular flexibility index (Phi) is 8.41. The van der Waals surface area contributed by atoms with Gasteiger partial charge >= 0.3 is 5.97 Å². The molecule has 0 aromatic heterocycles. The van der Waals surface area contributed by atoms with Crippen molar-refractivity contribution >= 4 is 11.7 Å². The van der Waals surface area contributed by atoms with E-state index >= 15 is 0 Å². The van der Waals surface area contributed by atoms with Gasteiger partial charge in [-0.15, -0.1) is 0 Å². The van der Waals surface area contributed by atoms with Crippen molar-refractivity contribution in [1.29, 1.82) is 0 Å². The third-order valence-electron chi connectivity index (χ3n) is 5.86. The Morgan fingerprint density at radius 2 is 1.81 bits per heavy atom. The minimum atomic E-state index is -0.908. The van der Waals surface area contributed by atoms with Crippen molar-refractivity contribution < 1.29 is 14.6 Å². The topological polar surface area (TPSA) is 82.4 Å². The third kappa shape index (κ3) is 6.52. The number of para-hydroxylation sites is 2. The molecule has 1 N–H and O–H groups in total. The monoisotopic (exact) mass is 425 g/mol. The lowest BCUT2D eigenvalue weighted by Gasteiger charge is -2.36. The molecule has 166 valence electrons. The number of hydrogen-bond acceptors (Lipinski definition) is 6. The summed E-state index contributed by atoms with van der Waals surface area (Å²) in [6.45, 7) is 5.11. The molecular formula is C24H31N3O4. The quantitative estimate of drug-likeness (QED) is 0.545. The van der Waals surface area contributed by atoms with Gasteiger partial charge in [0.1, 0.15) is 11.8 Å². The molecule has 2 aromatic carbocycles. The number of anilines is 1. The minimum absolute atomic E-state index is 0.0531. The second-order valence-electron chi connectivity index (χ2n) is 7.90. The van der Waals surface area contributed by atoms with E-state index in [1.807, 2.05) is 36.4 Å². The average Bonchev–Trinajstić information content (AvgIpc) is 2.80. The summed E-state index contributed by atoms with van der Waals surface area (Å²) in [4.78, 5) is 26.6. The maximum atomic E-state index is 11.0. The zero-order valence-corrected chi connectivity index (χ0v) is 18.1. The van der Waals surface area contributed by atoms with Crippen LogP contribution in [0.4, 0.5) is 5.69 Å². The van der Waals surface area contributed by atoms with E-state index in [1.54, 1.807) is 7.11 Å². The summed E-state index contributed by atoms with van der Waals surface area (Å²) in [6.07, 6.45) is 2.23. The highest BCUT2D eigenvalue weighted by Gasteiger charge is 2.19. The van der Waals surface area contributed by atoms with Gasteiger partial charge in [0.2, 0.25) is 0 Å². The summed E-state index contributed by atoms with van der Waals surface area (Å²) >= 11 is 0. The Morgan fingerprint density at radius 3 is 2.45 bits per heavy atom. The summed E-state index contributed by atoms with van der Waals surface area (Å²) in [7, 11) is 1.72. The van der Waals surface area contributed by atoms with E-state index in [1.165, 1.54) is 5.56 Å². The van der Waals surface area contributed by atoms with E-state index in [4.69, 9.17) is 9.84 Å². The van der Waals surface area contributed by atoms with Gasteiger partial charge in [0.05, 0.1) is 12.8 Å². The molecule has 0 radical (unpaired) electrons. The number of rotatable bonds is 11. The number of nitrogens with zero attached hydrogens (tertiary/aromatic N) is 3. The van der Waals surface area contributed by atoms with E-state index in [9.17, 15) is 9.70 Å². The lowest BCUT2D eigenvalue weighted by atomic mass is 10.00. The van der Waals surface area contributed by atoms with Crippen molar-refractivity contribution in [2.75, 3.05) is 44.7 Å². The first-order chi connectivity index (χ1) is 15.1. The van der Waals surface area contributed by atoms with Crippen molar-refractivity contribution in [2.24, 2.45) is 5.18 Å². The van der Waals surface area contributed by atoms with Gasteiger partial charge in [-0.25, -0.2) is 0 Å². The molecule has 7 nitrogen and oxygen atoms in total. The molecule has 1 fully saturated rings. The first-order valence-corrected chi connectivity index (χ1v) is 10.8. The first-order valence-electron chi connectivity index (χ1n) is 10.8. The standard InChI is InChI=1S/C24H31N3O4/c1-31-23-7-3-2-6-22(23)27-17-15-26(16-18-27)14-4-5-19-8-10-20(11-9-19)21(25-30)12-13-24(28)29/h2-3,6-11,21H,4-5,12-18H2,1H3,(H,28,29). The van der Waals surface area contributed by atoms with Gasteiger partial charge in [-0.3, -0.25) is 9.69 Å². The van der Waals surface area contributed by atoms with Crippen LogP contribution in [0.1, 0.15) is 36.4 Å². The highest BCUT2D eigenvalue weighted by Crippen LogP contribution is 2.28. The van der Waals surface area contributed by atoms with E-state index in [0.29, 0.717) is 0 Å². The Balaban J connectivity index is 1.42. The molecule has 1 saturated heterocycles. The van der Waals surface area contributed by atoms with Crippen molar-refractivity contribution in [1.82, 2.24) is 4.90 Å². The highest BCUT2D eigenvalue weighted by molar-refractivity contribution is 5.66. The summed E-state index contributed by atoms with van der Waals surface area (Å²) in [5, 5.41) is 11.9. The van der Waals surface area contributed by atoms with Gasteiger partial charge in [-0.2, -0.15) is 4.91 Å². The molecule has 2 aromatic rings. The number of benzene rings is 2. The molecule has 0 bridgehead atoms. The second kappa shape index (κ2) is 11.5. The number of carboxylic acid groups (broad SMARTS) is 1. The number of nitroso groups, excluding NO2 is 1. The van der Waals surface area contributed by atoms with Gasteiger partial charge in [-0.05, 0) is 49.1 Å². The van der Waals surface area contributed by atoms with Gasteiger partial charge in [-0.1, -0.05) is 41.6 Å². The molecule has 0 amide bonds. The molecule has 0 aliphatic carbocycles. The summed E-state index contributed by atoms with van der Waals surface area (Å²) in [5.41, 5.74) is 3.17. The molecule has 1 aliphatic rings. The Hall–Kier alpha value is -2.93. The number of carbonyl (C=O) groups is 1. The van der Waals surface area contributed by atoms with Crippen LogP contribution < -0.4 is 9.64 Å². The molecule has 0 saturated carbocycles. The van der Waals surface area contributed by atoms with E-state index < -0.39 is 12.0 Å². The number of aryl methyl sites for hydroxylation is 1.